The summed E-state index contributed by atoms with van der Waals surface area (Å²) in [5.41, 5.74) is 7.33. The highest BCUT2D eigenvalue weighted by atomic mass is 35.5. The molecule has 0 aliphatic carbocycles. The molecule has 0 aliphatic rings. The van der Waals surface area contributed by atoms with Crippen LogP contribution >= 0.6 is 23.8 Å². The third kappa shape index (κ3) is 3.46. The molecule has 104 valence electrons. The highest BCUT2D eigenvalue weighted by molar-refractivity contribution is 7.80. The van der Waals surface area contributed by atoms with Crippen LogP contribution in [0, 0.1) is 12.7 Å². The number of benzene rings is 2. The van der Waals surface area contributed by atoms with Crippen LogP contribution in [-0.2, 0) is 6.61 Å². The molecular formula is C15H13ClFNOS. The number of hydrogen-bond acceptors (Lipinski definition) is 2. The molecule has 2 aromatic carbocycles. The largest absolute Gasteiger partial charge is 0.488 e. The fourth-order valence-corrected chi connectivity index (χ4v) is 1.99. The Morgan fingerprint density at radius 1 is 1.30 bits per heavy atom. The van der Waals surface area contributed by atoms with Crippen molar-refractivity contribution in [2.24, 2.45) is 5.73 Å². The minimum absolute atomic E-state index is 0.116. The molecular weight excluding hydrogens is 297 g/mol. The van der Waals surface area contributed by atoms with E-state index in [0.717, 1.165) is 5.56 Å². The van der Waals surface area contributed by atoms with Crippen LogP contribution in [0.3, 0.4) is 0 Å². The van der Waals surface area contributed by atoms with Gasteiger partial charge in [-0.15, -0.1) is 0 Å². The van der Waals surface area contributed by atoms with E-state index >= 15 is 0 Å². The number of halogens is 2. The first-order valence-corrected chi connectivity index (χ1v) is 6.73. The lowest BCUT2D eigenvalue weighted by Gasteiger charge is -2.10. The van der Waals surface area contributed by atoms with Gasteiger partial charge >= 0.3 is 0 Å². The van der Waals surface area contributed by atoms with Crippen molar-refractivity contribution in [1.82, 2.24) is 0 Å². The van der Waals surface area contributed by atoms with E-state index in [2.05, 4.69) is 0 Å². The van der Waals surface area contributed by atoms with Gasteiger partial charge in [0.05, 0.1) is 0 Å². The Morgan fingerprint density at radius 2 is 2.05 bits per heavy atom. The predicted octanol–water partition coefficient (Wildman–Crippen LogP) is 4.00. The molecule has 0 fully saturated rings. The van der Waals surface area contributed by atoms with Gasteiger partial charge in [-0.05, 0) is 30.7 Å². The van der Waals surface area contributed by atoms with Gasteiger partial charge in [0.15, 0.2) is 0 Å². The molecule has 2 N–H and O–H groups in total. The number of aryl methyl sites for hydroxylation is 1. The lowest BCUT2D eigenvalue weighted by Crippen LogP contribution is -2.10. The zero-order valence-electron chi connectivity index (χ0n) is 10.8. The van der Waals surface area contributed by atoms with Crippen molar-refractivity contribution in [2.45, 2.75) is 13.5 Å². The molecule has 0 atom stereocenters. The summed E-state index contributed by atoms with van der Waals surface area (Å²) in [6.07, 6.45) is 0. The fraction of sp³-hybridized carbons (Fsp3) is 0.133. The predicted molar refractivity (Wildman–Crippen MR) is 82.8 cm³/mol. The van der Waals surface area contributed by atoms with Crippen LogP contribution in [0.5, 0.6) is 5.75 Å². The molecule has 2 rings (SSSR count). The molecule has 0 bridgehead atoms. The first-order valence-electron chi connectivity index (χ1n) is 5.94. The standard InChI is InChI=1S/C15H13ClFNOS/c1-9-2-5-12(16)7-14(9)19-8-11-4-3-10(15(18)20)6-13(11)17/h2-7H,8H2,1H3,(H2,18,20). The Bertz CT molecular complexity index is 660. The smallest absolute Gasteiger partial charge is 0.130 e. The quantitative estimate of drug-likeness (QED) is 0.867. The Morgan fingerprint density at radius 3 is 2.70 bits per heavy atom. The van der Waals surface area contributed by atoms with Crippen molar-refractivity contribution in [2.75, 3.05) is 0 Å². The zero-order valence-corrected chi connectivity index (χ0v) is 12.4. The average molecular weight is 310 g/mol. The van der Waals surface area contributed by atoms with E-state index in [9.17, 15) is 4.39 Å². The minimum atomic E-state index is -0.394. The number of thiocarbonyl (C=S) groups is 1. The van der Waals surface area contributed by atoms with Crippen molar-refractivity contribution in [3.8, 4) is 5.75 Å². The molecule has 0 saturated heterocycles. The molecule has 5 heteroatoms. The lowest BCUT2D eigenvalue weighted by atomic mass is 10.1. The van der Waals surface area contributed by atoms with Crippen LogP contribution in [0.4, 0.5) is 4.39 Å². The number of nitrogens with two attached hydrogens (primary N) is 1. The molecule has 0 amide bonds. The molecule has 2 nitrogen and oxygen atoms in total. The van der Waals surface area contributed by atoms with E-state index in [4.69, 9.17) is 34.3 Å². The Kier molecular flexibility index (Phi) is 4.57. The molecule has 0 spiro atoms. The van der Waals surface area contributed by atoms with Gasteiger partial charge in [0.2, 0.25) is 0 Å². The van der Waals surface area contributed by atoms with Crippen molar-refractivity contribution in [3.63, 3.8) is 0 Å². The molecule has 0 radical (unpaired) electrons. The van der Waals surface area contributed by atoms with Gasteiger partial charge in [0.1, 0.15) is 23.2 Å². The second-order valence-corrected chi connectivity index (χ2v) is 5.25. The molecule has 0 saturated carbocycles. The monoisotopic (exact) mass is 309 g/mol. The summed E-state index contributed by atoms with van der Waals surface area (Å²) in [6.45, 7) is 2.02. The Hall–Kier alpha value is -1.65. The minimum Gasteiger partial charge on any atom is -0.488 e. The van der Waals surface area contributed by atoms with Gasteiger partial charge in [-0.3, -0.25) is 0 Å². The summed E-state index contributed by atoms with van der Waals surface area (Å²) in [7, 11) is 0. The van der Waals surface area contributed by atoms with Crippen molar-refractivity contribution in [1.29, 1.82) is 0 Å². The molecule has 2 aromatic rings. The van der Waals surface area contributed by atoms with E-state index in [1.807, 2.05) is 13.0 Å². The topological polar surface area (TPSA) is 35.2 Å². The van der Waals surface area contributed by atoms with Gasteiger partial charge in [-0.1, -0.05) is 42.0 Å². The SMILES string of the molecule is Cc1ccc(Cl)cc1OCc1ccc(C(N)=S)cc1F. The molecule has 0 unspecified atom stereocenters. The normalized spacial score (nSPS) is 10.3. The van der Waals surface area contributed by atoms with Crippen molar-refractivity contribution < 1.29 is 9.13 Å². The van der Waals surface area contributed by atoms with E-state index in [1.165, 1.54) is 6.07 Å². The maximum atomic E-state index is 13.9. The Balaban J connectivity index is 2.15. The molecule has 0 heterocycles. The third-order valence-corrected chi connectivity index (χ3v) is 3.34. The van der Waals surface area contributed by atoms with E-state index in [-0.39, 0.29) is 11.6 Å². The van der Waals surface area contributed by atoms with Gasteiger partial charge in [0.25, 0.3) is 0 Å². The van der Waals surface area contributed by atoms with Crippen LogP contribution in [0.15, 0.2) is 36.4 Å². The van der Waals surface area contributed by atoms with Gasteiger partial charge in [-0.2, -0.15) is 0 Å². The lowest BCUT2D eigenvalue weighted by molar-refractivity contribution is 0.298. The summed E-state index contributed by atoms with van der Waals surface area (Å²) >= 11 is 10.7. The van der Waals surface area contributed by atoms with Gasteiger partial charge in [-0.25, -0.2) is 4.39 Å². The summed E-state index contributed by atoms with van der Waals surface area (Å²) in [6, 6.07) is 9.94. The summed E-state index contributed by atoms with van der Waals surface area (Å²) in [5, 5.41) is 0.579. The molecule has 20 heavy (non-hydrogen) atoms. The first-order chi connectivity index (χ1) is 9.47. The van der Waals surface area contributed by atoms with Gasteiger partial charge in [0, 0.05) is 16.1 Å². The maximum absolute atomic E-state index is 13.9. The van der Waals surface area contributed by atoms with E-state index < -0.39 is 5.82 Å². The second-order valence-electron chi connectivity index (χ2n) is 4.37. The number of hydrogen-bond donors (Lipinski definition) is 1. The maximum Gasteiger partial charge on any atom is 0.130 e. The summed E-state index contributed by atoms with van der Waals surface area (Å²) in [5.74, 6) is 0.241. The average Bonchev–Trinajstić information content (AvgIpc) is 2.40. The van der Waals surface area contributed by atoms with Gasteiger partial charge < -0.3 is 10.5 Å². The van der Waals surface area contributed by atoms with Crippen LogP contribution in [0.2, 0.25) is 5.02 Å². The van der Waals surface area contributed by atoms with E-state index in [0.29, 0.717) is 21.9 Å². The second kappa shape index (κ2) is 6.20. The van der Waals surface area contributed by atoms with Crippen LogP contribution < -0.4 is 10.5 Å². The number of rotatable bonds is 4. The Labute approximate surface area is 127 Å². The van der Waals surface area contributed by atoms with E-state index in [1.54, 1.807) is 24.3 Å². The first kappa shape index (κ1) is 14.8. The molecule has 0 aliphatic heterocycles. The van der Waals surface area contributed by atoms with Crippen LogP contribution in [0.25, 0.3) is 0 Å². The highest BCUT2D eigenvalue weighted by Gasteiger charge is 2.07. The number of ether oxygens (including phenoxy) is 1. The summed E-state index contributed by atoms with van der Waals surface area (Å²) in [4.78, 5) is 0.169. The van der Waals surface area contributed by atoms with Crippen molar-refractivity contribution in [3.05, 3.63) is 63.9 Å². The van der Waals surface area contributed by atoms with Crippen LogP contribution in [-0.4, -0.2) is 4.99 Å². The highest BCUT2D eigenvalue weighted by Crippen LogP contribution is 2.24. The van der Waals surface area contributed by atoms with Crippen LogP contribution in [0.1, 0.15) is 16.7 Å². The molecule has 0 aromatic heterocycles. The third-order valence-electron chi connectivity index (χ3n) is 2.87. The zero-order chi connectivity index (χ0) is 14.7. The fourth-order valence-electron chi connectivity index (χ4n) is 1.70. The van der Waals surface area contributed by atoms with Crippen molar-refractivity contribution >= 4 is 28.8 Å². The summed E-state index contributed by atoms with van der Waals surface area (Å²) < 4.78 is 19.5.